The van der Waals surface area contributed by atoms with Crippen LogP contribution in [0.25, 0.3) is 0 Å². The maximum atomic E-state index is 14.3. The van der Waals surface area contributed by atoms with Crippen LogP contribution < -0.4 is 27.0 Å². The van der Waals surface area contributed by atoms with E-state index in [0.717, 1.165) is 11.8 Å². The van der Waals surface area contributed by atoms with Gasteiger partial charge in [-0.1, -0.05) is 24.3 Å². The van der Waals surface area contributed by atoms with Crippen molar-refractivity contribution in [1.82, 2.24) is 26.2 Å². The first-order valence-electron chi connectivity index (χ1n) is 16.1. The number of phenolic OH excluding ortho intramolecular Hbond substituents is 2. The van der Waals surface area contributed by atoms with Gasteiger partial charge < -0.3 is 46.8 Å². The van der Waals surface area contributed by atoms with Gasteiger partial charge in [-0.05, 0) is 63.1 Å². The van der Waals surface area contributed by atoms with Crippen LogP contribution in [0.4, 0.5) is 0 Å². The Morgan fingerprint density at radius 3 is 1.96 bits per heavy atom. The molecular weight excluding hydrogens is 705 g/mol. The number of aromatic hydroxyl groups is 2. The van der Waals surface area contributed by atoms with Gasteiger partial charge in [0.05, 0.1) is 16.8 Å². The summed E-state index contributed by atoms with van der Waals surface area (Å²) in [6.07, 6.45) is -0.964. The van der Waals surface area contributed by atoms with Gasteiger partial charge in [0.15, 0.2) is 0 Å². The number of aliphatic carboxylic acids is 2. The van der Waals surface area contributed by atoms with E-state index in [1.807, 2.05) is 13.8 Å². The summed E-state index contributed by atoms with van der Waals surface area (Å²) in [7, 11) is 0. The molecule has 4 heterocycles. The number of phenols is 2. The molecule has 3 amide bonds. The number of hydrogen-bond donors (Lipinski definition) is 9. The van der Waals surface area contributed by atoms with Crippen molar-refractivity contribution in [3.05, 3.63) is 59.7 Å². The number of carbonyl (C=O) groups is 5. The van der Waals surface area contributed by atoms with Crippen LogP contribution >= 0.6 is 23.5 Å². The number of ether oxygens (including phenoxy) is 1. The van der Waals surface area contributed by atoms with Gasteiger partial charge in [-0.25, -0.2) is 4.90 Å². The fourth-order valence-corrected chi connectivity index (χ4v) is 10.2. The summed E-state index contributed by atoms with van der Waals surface area (Å²) in [5.74, 6) is -4.56. The van der Waals surface area contributed by atoms with Crippen molar-refractivity contribution in [3.8, 4) is 11.5 Å². The van der Waals surface area contributed by atoms with Gasteiger partial charge in [0.2, 0.25) is 17.7 Å². The lowest BCUT2D eigenvalue weighted by Crippen LogP contribution is -2.59. The minimum Gasteiger partial charge on any atom is -0.508 e. The lowest BCUT2D eigenvalue weighted by atomic mass is 10.0. The van der Waals surface area contributed by atoms with Crippen LogP contribution in [0.15, 0.2) is 48.5 Å². The number of rotatable bonds is 11. The molecule has 0 bridgehead atoms. The zero-order valence-corrected chi connectivity index (χ0v) is 29.6. The van der Waals surface area contributed by atoms with Crippen LogP contribution in [0.5, 0.6) is 11.5 Å². The number of carbonyl (C=O) groups excluding carboxylic acids is 3. The minimum absolute atomic E-state index is 0.0401. The van der Waals surface area contributed by atoms with E-state index in [0.29, 0.717) is 5.56 Å². The molecule has 4 fully saturated rings. The Balaban J connectivity index is 1.27. The number of carboxylic acids is 2. The van der Waals surface area contributed by atoms with Crippen LogP contribution in [0.3, 0.4) is 0 Å². The Morgan fingerprint density at radius 1 is 0.824 bits per heavy atom. The third-order valence-electron chi connectivity index (χ3n) is 9.57. The Hall–Kier alpha value is -4.07. The highest BCUT2D eigenvalue weighted by Crippen LogP contribution is 2.56. The average Bonchev–Trinajstić information content (AvgIpc) is 3.59. The minimum atomic E-state index is -1.44. The Bertz CT molecular complexity index is 1730. The highest BCUT2D eigenvalue weighted by molar-refractivity contribution is 8.01. The van der Waals surface area contributed by atoms with E-state index < -0.39 is 98.5 Å². The smallest absolute Gasteiger partial charge is 0.322 e. The number of carboxylic acid groups (broad SMARTS) is 2. The lowest BCUT2D eigenvalue weighted by Gasteiger charge is -2.30. The number of nitrogens with one attached hydrogen (secondary N) is 4. The van der Waals surface area contributed by atoms with Crippen molar-refractivity contribution in [1.29, 1.82) is 0 Å². The van der Waals surface area contributed by atoms with Gasteiger partial charge in [0.25, 0.3) is 0 Å². The summed E-state index contributed by atoms with van der Waals surface area (Å²) < 4.78 is 4.17. The third-order valence-corrected chi connectivity index (χ3v) is 12.7. The summed E-state index contributed by atoms with van der Waals surface area (Å²) in [6.45, 7) is 7.00. The number of epoxide rings is 1. The van der Waals surface area contributed by atoms with E-state index in [9.17, 15) is 44.4 Å². The fraction of sp³-hybridized carbons (Fsp3) is 0.485. The first kappa shape index (κ1) is 36.7. The molecule has 2 aromatic rings. The van der Waals surface area contributed by atoms with E-state index in [1.165, 1.54) is 60.3 Å². The molecule has 51 heavy (non-hydrogen) atoms. The number of benzene rings is 2. The molecule has 16 nitrogen and oxygen atoms in total. The average molecular weight is 745 g/mol. The predicted molar refractivity (Wildman–Crippen MR) is 185 cm³/mol. The SMILES string of the molecule is CC1(C)SC(C(NC(=O)C(N)c2ccc(O)cc2)C(=O)NC(C(=O)NC2C3OC3N3C2SC(C)(C)C3C(=O)O)c2ccc(O)cc2)NC1C(=O)O. The molecule has 0 saturated carbocycles. The third kappa shape index (κ3) is 7.07. The summed E-state index contributed by atoms with van der Waals surface area (Å²) in [4.78, 5) is 68.0. The zero-order chi connectivity index (χ0) is 37.2. The van der Waals surface area contributed by atoms with Crippen LogP contribution in [0.2, 0.25) is 0 Å². The van der Waals surface area contributed by atoms with Crippen molar-refractivity contribution >= 4 is 53.2 Å². The molecule has 4 aliphatic heterocycles. The normalized spacial score (nSPS) is 30.3. The highest BCUT2D eigenvalue weighted by Gasteiger charge is 2.70. The quantitative estimate of drug-likeness (QED) is 0.139. The fourth-order valence-electron chi connectivity index (χ4n) is 6.98. The second-order valence-electron chi connectivity index (χ2n) is 14.0. The van der Waals surface area contributed by atoms with E-state index in [1.54, 1.807) is 18.7 Å². The summed E-state index contributed by atoms with van der Waals surface area (Å²) >= 11 is 2.53. The second kappa shape index (κ2) is 13.5. The molecule has 2 aromatic carbocycles. The van der Waals surface area contributed by atoms with Gasteiger partial charge >= 0.3 is 11.9 Å². The number of amides is 3. The number of nitrogens with two attached hydrogens (primary N) is 1. The molecule has 274 valence electrons. The maximum Gasteiger partial charge on any atom is 0.322 e. The van der Waals surface area contributed by atoms with E-state index in [2.05, 4.69) is 21.3 Å². The highest BCUT2D eigenvalue weighted by atomic mass is 32.2. The topological polar surface area (TPSA) is 256 Å². The van der Waals surface area contributed by atoms with Crippen LogP contribution in [-0.4, -0.2) is 112 Å². The largest absolute Gasteiger partial charge is 0.508 e. The van der Waals surface area contributed by atoms with Crippen molar-refractivity contribution in [2.45, 2.75) is 96.5 Å². The molecule has 10 N–H and O–H groups in total. The number of nitrogens with zero attached hydrogens (tertiary/aromatic N) is 1. The molecule has 6 rings (SSSR count). The number of thioether (sulfide) groups is 2. The molecule has 18 heteroatoms. The van der Waals surface area contributed by atoms with Gasteiger partial charge in [0, 0.05) is 9.49 Å². The monoisotopic (exact) mass is 744 g/mol. The standard InChI is InChI=1S/C33H40N6O10S2/c1-32(2)22(30(45)46)38-27(50-32)20(37-24(42)17(34)13-5-9-15(40)10-6-13)26(44)35-18(14-7-11-16(41)12-8-14)25(43)36-19-21-28(49-21)39-23(31(47)48)33(3,4)51-29(19)39/h5-12,17-23,27-29,38,40-41H,34H2,1-4H3,(H,35,44)(H,36,43)(H,37,42)(H,45,46)(H,47,48). The van der Waals surface area contributed by atoms with E-state index in [4.69, 9.17) is 10.5 Å². The summed E-state index contributed by atoms with van der Waals surface area (Å²) in [5.41, 5.74) is 6.85. The van der Waals surface area contributed by atoms with E-state index >= 15 is 0 Å². The van der Waals surface area contributed by atoms with Crippen molar-refractivity contribution in [2.24, 2.45) is 5.73 Å². The van der Waals surface area contributed by atoms with E-state index in [-0.39, 0.29) is 17.1 Å². The Kier molecular flexibility index (Phi) is 9.70. The molecular formula is C33H40N6O10S2. The lowest BCUT2D eigenvalue weighted by molar-refractivity contribution is -0.145. The summed E-state index contributed by atoms with van der Waals surface area (Å²) in [5, 5.41) is 49.4. The predicted octanol–water partition coefficient (Wildman–Crippen LogP) is 0.164. The van der Waals surface area contributed by atoms with Gasteiger partial charge in [-0.2, -0.15) is 0 Å². The first-order valence-corrected chi connectivity index (χ1v) is 17.9. The first-order chi connectivity index (χ1) is 23.9. The zero-order valence-electron chi connectivity index (χ0n) is 28.0. The molecule has 4 saturated heterocycles. The van der Waals surface area contributed by atoms with Gasteiger partial charge in [-0.15, -0.1) is 23.5 Å². The summed E-state index contributed by atoms with van der Waals surface area (Å²) in [6, 6.07) is 4.53. The molecule has 0 radical (unpaired) electrons. The second-order valence-corrected chi connectivity index (χ2v) is 17.6. The maximum absolute atomic E-state index is 14.3. The molecule has 10 atom stereocenters. The van der Waals surface area contributed by atoms with Crippen molar-refractivity contribution in [3.63, 3.8) is 0 Å². The van der Waals surface area contributed by atoms with Crippen molar-refractivity contribution < 1.29 is 49.1 Å². The molecule has 0 spiro atoms. The van der Waals surface area contributed by atoms with Crippen LogP contribution in [0.1, 0.15) is 50.9 Å². The Morgan fingerprint density at radius 2 is 1.41 bits per heavy atom. The molecule has 10 unspecified atom stereocenters. The van der Waals surface area contributed by atoms with Gasteiger partial charge in [-0.3, -0.25) is 29.3 Å². The van der Waals surface area contributed by atoms with Crippen molar-refractivity contribution in [2.75, 3.05) is 0 Å². The molecule has 0 aliphatic carbocycles. The van der Waals surface area contributed by atoms with Gasteiger partial charge in [0.1, 0.15) is 54.0 Å². The molecule has 0 aromatic heterocycles. The Labute approximate surface area is 301 Å². The number of fused-ring (bicyclic) bond motifs is 3. The van der Waals surface area contributed by atoms with Crippen LogP contribution in [-0.2, 0) is 28.7 Å². The number of hydrogen-bond acceptors (Lipinski definition) is 13. The molecule has 4 aliphatic rings. The van der Waals surface area contributed by atoms with Crippen LogP contribution in [0, 0.1) is 0 Å².